The van der Waals surface area contributed by atoms with E-state index in [1.54, 1.807) is 35.1 Å². The van der Waals surface area contributed by atoms with Crippen molar-refractivity contribution in [2.24, 2.45) is 0 Å². The molecule has 78 valence electrons. The number of nitrogens with zero attached hydrogens (tertiary/aromatic N) is 2. The Balaban J connectivity index is 2.11. The fourth-order valence-corrected chi connectivity index (χ4v) is 1.22. The molecule has 1 aromatic carbocycles. The molecule has 0 amide bonds. The van der Waals surface area contributed by atoms with Gasteiger partial charge < -0.3 is 9.84 Å². The van der Waals surface area contributed by atoms with E-state index in [-0.39, 0.29) is 5.75 Å². The first-order chi connectivity index (χ1) is 7.28. The Bertz CT molecular complexity index is 434. The number of aromatic hydroxyl groups is 1. The Morgan fingerprint density at radius 3 is 2.60 bits per heavy atom. The van der Waals surface area contributed by atoms with E-state index >= 15 is 0 Å². The zero-order valence-corrected chi connectivity index (χ0v) is 8.42. The molecule has 1 heterocycles. The number of aryl methyl sites for hydroxylation is 1. The van der Waals surface area contributed by atoms with Crippen LogP contribution in [0.5, 0.6) is 17.2 Å². The predicted molar refractivity (Wildman–Crippen MR) is 56.1 cm³/mol. The van der Waals surface area contributed by atoms with Crippen LogP contribution in [0.1, 0.15) is 6.92 Å². The second kappa shape index (κ2) is 4.04. The quantitative estimate of drug-likeness (QED) is 0.835. The lowest BCUT2D eigenvalue weighted by molar-refractivity contribution is 0.464. The minimum absolute atomic E-state index is 0.228. The van der Waals surface area contributed by atoms with Gasteiger partial charge in [0.2, 0.25) is 0 Å². The molecule has 0 saturated carbocycles. The van der Waals surface area contributed by atoms with Gasteiger partial charge in [0.05, 0.1) is 12.4 Å². The zero-order chi connectivity index (χ0) is 10.7. The molecular weight excluding hydrogens is 192 g/mol. The molecule has 1 aromatic heterocycles. The summed E-state index contributed by atoms with van der Waals surface area (Å²) in [5.74, 6) is 1.61. The van der Waals surface area contributed by atoms with E-state index in [4.69, 9.17) is 9.84 Å². The van der Waals surface area contributed by atoms with Crippen molar-refractivity contribution in [1.82, 2.24) is 9.78 Å². The van der Waals surface area contributed by atoms with Crippen molar-refractivity contribution in [3.8, 4) is 17.2 Å². The van der Waals surface area contributed by atoms with Gasteiger partial charge in [0.1, 0.15) is 11.5 Å². The number of rotatable bonds is 3. The van der Waals surface area contributed by atoms with Gasteiger partial charge in [0, 0.05) is 6.54 Å². The van der Waals surface area contributed by atoms with Crippen LogP contribution >= 0.6 is 0 Å². The Morgan fingerprint density at radius 1 is 1.27 bits per heavy atom. The first-order valence-corrected chi connectivity index (χ1v) is 4.77. The minimum atomic E-state index is 0.228. The van der Waals surface area contributed by atoms with E-state index in [2.05, 4.69) is 5.10 Å². The van der Waals surface area contributed by atoms with Gasteiger partial charge in [-0.15, -0.1) is 0 Å². The first-order valence-electron chi connectivity index (χ1n) is 4.77. The second-order valence-corrected chi connectivity index (χ2v) is 3.13. The van der Waals surface area contributed by atoms with Gasteiger partial charge in [-0.1, -0.05) is 0 Å². The molecule has 15 heavy (non-hydrogen) atoms. The van der Waals surface area contributed by atoms with Crippen molar-refractivity contribution < 1.29 is 9.84 Å². The third-order valence-electron chi connectivity index (χ3n) is 2.01. The molecule has 0 atom stereocenters. The standard InChI is InChI=1S/C11H12N2O2/c1-2-13-8-11(7-12-13)15-10-5-3-9(14)4-6-10/h3-8,14H,2H2,1H3. The summed E-state index contributed by atoms with van der Waals surface area (Å²) in [5, 5.41) is 13.2. The molecule has 2 aromatic rings. The van der Waals surface area contributed by atoms with Crippen molar-refractivity contribution >= 4 is 0 Å². The second-order valence-electron chi connectivity index (χ2n) is 3.13. The smallest absolute Gasteiger partial charge is 0.165 e. The van der Waals surface area contributed by atoms with Crippen LogP contribution in [0.25, 0.3) is 0 Å². The predicted octanol–water partition coefficient (Wildman–Crippen LogP) is 2.40. The van der Waals surface area contributed by atoms with Crippen LogP contribution in [0.4, 0.5) is 0 Å². The number of ether oxygens (including phenoxy) is 1. The summed E-state index contributed by atoms with van der Waals surface area (Å²) in [5.41, 5.74) is 0. The number of hydrogen-bond acceptors (Lipinski definition) is 3. The highest BCUT2D eigenvalue weighted by Crippen LogP contribution is 2.22. The number of phenolic OH excluding ortho intramolecular Hbond substituents is 1. The van der Waals surface area contributed by atoms with Crippen LogP contribution < -0.4 is 4.74 Å². The van der Waals surface area contributed by atoms with Crippen molar-refractivity contribution in [3.63, 3.8) is 0 Å². The third kappa shape index (κ3) is 2.28. The average molecular weight is 204 g/mol. The molecule has 0 radical (unpaired) electrons. The Labute approximate surface area is 87.7 Å². The van der Waals surface area contributed by atoms with Gasteiger partial charge >= 0.3 is 0 Å². The summed E-state index contributed by atoms with van der Waals surface area (Å²) in [7, 11) is 0. The Kier molecular flexibility index (Phi) is 2.58. The van der Waals surface area contributed by atoms with E-state index in [9.17, 15) is 0 Å². The molecule has 2 rings (SSSR count). The van der Waals surface area contributed by atoms with E-state index in [0.29, 0.717) is 11.5 Å². The summed E-state index contributed by atoms with van der Waals surface area (Å²) >= 11 is 0. The van der Waals surface area contributed by atoms with Crippen molar-refractivity contribution in [3.05, 3.63) is 36.7 Å². The van der Waals surface area contributed by atoms with E-state index in [0.717, 1.165) is 6.54 Å². The molecule has 0 saturated heterocycles. The molecule has 0 aliphatic carbocycles. The molecule has 0 fully saturated rings. The first kappa shape index (κ1) is 9.58. The fraction of sp³-hybridized carbons (Fsp3) is 0.182. The highest BCUT2D eigenvalue weighted by molar-refractivity contribution is 5.33. The number of phenols is 1. The van der Waals surface area contributed by atoms with Crippen LogP contribution in [-0.2, 0) is 6.54 Å². The maximum absolute atomic E-state index is 9.09. The Hall–Kier alpha value is -1.97. The highest BCUT2D eigenvalue weighted by Gasteiger charge is 2.00. The van der Waals surface area contributed by atoms with Gasteiger partial charge in [0.15, 0.2) is 5.75 Å². The molecule has 4 heteroatoms. The molecule has 0 aliphatic rings. The molecular formula is C11H12N2O2. The molecule has 0 bridgehead atoms. The van der Waals surface area contributed by atoms with Crippen LogP contribution in [0.3, 0.4) is 0 Å². The van der Waals surface area contributed by atoms with Gasteiger partial charge in [-0.05, 0) is 31.2 Å². The lowest BCUT2D eigenvalue weighted by Crippen LogP contribution is -1.92. The number of benzene rings is 1. The summed E-state index contributed by atoms with van der Waals surface area (Å²) < 4.78 is 7.31. The molecule has 1 N–H and O–H groups in total. The third-order valence-corrected chi connectivity index (χ3v) is 2.01. The minimum Gasteiger partial charge on any atom is -0.508 e. The van der Waals surface area contributed by atoms with E-state index in [1.165, 1.54) is 0 Å². The maximum atomic E-state index is 9.09. The van der Waals surface area contributed by atoms with Gasteiger partial charge in [-0.3, -0.25) is 4.68 Å². The fourth-order valence-electron chi connectivity index (χ4n) is 1.22. The molecule has 0 spiro atoms. The molecule has 0 aliphatic heterocycles. The summed E-state index contributed by atoms with van der Waals surface area (Å²) in [6.07, 6.45) is 3.49. The maximum Gasteiger partial charge on any atom is 0.165 e. The monoisotopic (exact) mass is 204 g/mol. The number of aromatic nitrogens is 2. The normalized spacial score (nSPS) is 10.2. The van der Waals surface area contributed by atoms with Crippen LogP contribution in [0.2, 0.25) is 0 Å². The average Bonchev–Trinajstić information content (AvgIpc) is 2.69. The summed E-state index contributed by atoms with van der Waals surface area (Å²) in [6, 6.07) is 6.58. The Morgan fingerprint density at radius 2 is 2.00 bits per heavy atom. The lowest BCUT2D eigenvalue weighted by Gasteiger charge is -2.01. The SMILES string of the molecule is CCn1cc(Oc2ccc(O)cc2)cn1. The van der Waals surface area contributed by atoms with Crippen molar-refractivity contribution in [1.29, 1.82) is 0 Å². The van der Waals surface area contributed by atoms with E-state index in [1.807, 2.05) is 13.1 Å². The van der Waals surface area contributed by atoms with Crippen LogP contribution in [0.15, 0.2) is 36.7 Å². The summed E-state index contributed by atoms with van der Waals surface area (Å²) in [6.45, 7) is 2.83. The van der Waals surface area contributed by atoms with Gasteiger partial charge in [0.25, 0.3) is 0 Å². The van der Waals surface area contributed by atoms with Crippen molar-refractivity contribution in [2.75, 3.05) is 0 Å². The topological polar surface area (TPSA) is 47.3 Å². The lowest BCUT2D eigenvalue weighted by atomic mass is 10.3. The van der Waals surface area contributed by atoms with Crippen LogP contribution in [0, 0.1) is 0 Å². The van der Waals surface area contributed by atoms with Gasteiger partial charge in [-0.2, -0.15) is 5.10 Å². The van der Waals surface area contributed by atoms with Crippen molar-refractivity contribution in [2.45, 2.75) is 13.5 Å². The highest BCUT2D eigenvalue weighted by atomic mass is 16.5. The van der Waals surface area contributed by atoms with Crippen LogP contribution in [-0.4, -0.2) is 14.9 Å². The molecule has 0 unspecified atom stereocenters. The van der Waals surface area contributed by atoms with Gasteiger partial charge in [-0.25, -0.2) is 0 Å². The summed E-state index contributed by atoms with van der Waals surface area (Å²) in [4.78, 5) is 0. The zero-order valence-electron chi connectivity index (χ0n) is 8.42. The van der Waals surface area contributed by atoms with E-state index < -0.39 is 0 Å². The largest absolute Gasteiger partial charge is 0.508 e. The number of hydrogen-bond donors (Lipinski definition) is 1. The molecule has 4 nitrogen and oxygen atoms in total.